The molecular weight excluding hydrogens is 389 g/mol. The van der Waals surface area contributed by atoms with Gasteiger partial charge in [-0.15, -0.1) is 11.3 Å². The van der Waals surface area contributed by atoms with Crippen LogP contribution >= 0.6 is 11.3 Å². The summed E-state index contributed by atoms with van der Waals surface area (Å²) in [7, 11) is 3.39. The van der Waals surface area contributed by atoms with Crippen molar-refractivity contribution in [2.45, 2.75) is 20.0 Å². The summed E-state index contributed by atoms with van der Waals surface area (Å²) in [5.74, 6) is 0. The summed E-state index contributed by atoms with van der Waals surface area (Å²) in [6.45, 7) is 12.1. The van der Waals surface area contributed by atoms with Gasteiger partial charge in [-0.2, -0.15) is 18.3 Å². The SMILES string of the molecule is C=CNCCN(C)CCOCC.Cc1ccc(-c2cc(C(F)(F)F)n(C)n2)s1. The first-order valence-electron chi connectivity index (χ1n) is 8.97. The van der Waals surface area contributed by atoms with E-state index in [-0.39, 0.29) is 0 Å². The zero-order chi connectivity index (χ0) is 21.2. The van der Waals surface area contributed by atoms with Gasteiger partial charge in [0, 0.05) is 38.2 Å². The first kappa shape index (κ1) is 24.2. The fourth-order valence-corrected chi connectivity index (χ4v) is 3.08. The van der Waals surface area contributed by atoms with Crippen LogP contribution < -0.4 is 5.32 Å². The molecule has 0 aliphatic heterocycles. The maximum absolute atomic E-state index is 12.5. The average Bonchev–Trinajstić information content (AvgIpc) is 3.21. The van der Waals surface area contributed by atoms with Crippen LogP contribution in [-0.4, -0.2) is 54.6 Å². The fraction of sp³-hybridized carbons (Fsp3) is 0.526. The van der Waals surface area contributed by atoms with Gasteiger partial charge in [0.15, 0.2) is 0 Å². The Hall–Kier alpha value is -1.84. The van der Waals surface area contributed by atoms with Gasteiger partial charge in [0.05, 0.1) is 11.5 Å². The Morgan fingerprint density at radius 3 is 2.57 bits per heavy atom. The number of hydrogen-bond acceptors (Lipinski definition) is 5. The Balaban J connectivity index is 0.000000295. The number of likely N-dealkylation sites (N-methyl/N-ethyl adjacent to an activating group) is 1. The standard InChI is InChI=1S/C10H9F3N2S.C9H20N2O/c1-6-3-4-8(16-6)7-5-9(10(11,12)13)15(2)14-7;1-4-10-6-7-11(3)8-9-12-5-2/h3-5H,1-2H3;4,10H,1,5-9H2,2-3H3. The lowest BCUT2D eigenvalue weighted by Crippen LogP contribution is -2.29. The molecule has 0 atom stereocenters. The Bertz CT molecular complexity index is 712. The molecule has 2 aromatic heterocycles. The summed E-state index contributed by atoms with van der Waals surface area (Å²) in [5.41, 5.74) is -0.360. The van der Waals surface area contributed by atoms with E-state index in [9.17, 15) is 13.2 Å². The topological polar surface area (TPSA) is 42.3 Å². The predicted octanol–water partition coefficient (Wildman–Crippen LogP) is 4.16. The molecule has 2 rings (SSSR count). The van der Waals surface area contributed by atoms with E-state index < -0.39 is 11.9 Å². The van der Waals surface area contributed by atoms with Crippen molar-refractivity contribution < 1.29 is 17.9 Å². The molecule has 2 heterocycles. The van der Waals surface area contributed by atoms with Crippen molar-refractivity contribution in [3.8, 4) is 10.6 Å². The van der Waals surface area contributed by atoms with Gasteiger partial charge in [0.25, 0.3) is 0 Å². The van der Waals surface area contributed by atoms with Crippen molar-refractivity contribution in [1.29, 1.82) is 0 Å². The first-order chi connectivity index (χ1) is 13.2. The summed E-state index contributed by atoms with van der Waals surface area (Å²) < 4.78 is 43.7. The van der Waals surface area contributed by atoms with Crippen molar-refractivity contribution in [2.24, 2.45) is 7.05 Å². The molecular formula is C19H29F3N4OS. The van der Waals surface area contributed by atoms with E-state index in [4.69, 9.17) is 4.74 Å². The number of hydrogen-bond donors (Lipinski definition) is 1. The quantitative estimate of drug-likeness (QED) is 0.621. The van der Waals surface area contributed by atoms with Gasteiger partial charge in [-0.05, 0) is 45.3 Å². The van der Waals surface area contributed by atoms with Crippen LogP contribution in [0.3, 0.4) is 0 Å². The first-order valence-corrected chi connectivity index (χ1v) is 9.79. The zero-order valence-electron chi connectivity index (χ0n) is 16.8. The fourth-order valence-electron chi connectivity index (χ4n) is 2.26. The van der Waals surface area contributed by atoms with Gasteiger partial charge in [-0.1, -0.05) is 6.58 Å². The van der Waals surface area contributed by atoms with Crippen molar-refractivity contribution in [1.82, 2.24) is 20.0 Å². The maximum atomic E-state index is 12.5. The minimum Gasteiger partial charge on any atom is -0.390 e. The van der Waals surface area contributed by atoms with E-state index in [0.717, 1.165) is 53.4 Å². The molecule has 5 nitrogen and oxygen atoms in total. The summed E-state index contributed by atoms with van der Waals surface area (Å²) in [6, 6.07) is 4.72. The molecule has 158 valence electrons. The van der Waals surface area contributed by atoms with Crippen LogP contribution in [0.1, 0.15) is 17.5 Å². The normalized spacial score (nSPS) is 11.3. The summed E-state index contributed by atoms with van der Waals surface area (Å²) in [4.78, 5) is 4.03. The highest BCUT2D eigenvalue weighted by Gasteiger charge is 2.35. The molecule has 0 bridgehead atoms. The monoisotopic (exact) mass is 418 g/mol. The third-order valence-corrected chi connectivity index (χ3v) is 4.79. The van der Waals surface area contributed by atoms with Gasteiger partial charge in [0.1, 0.15) is 11.4 Å². The van der Waals surface area contributed by atoms with Crippen LogP contribution in [0.25, 0.3) is 10.6 Å². The van der Waals surface area contributed by atoms with Crippen LogP contribution in [0.5, 0.6) is 0 Å². The van der Waals surface area contributed by atoms with Crippen LogP contribution in [0.15, 0.2) is 31.0 Å². The Kier molecular flexibility index (Phi) is 10.3. The smallest absolute Gasteiger partial charge is 0.390 e. The molecule has 0 spiro atoms. The van der Waals surface area contributed by atoms with Crippen LogP contribution in [0.2, 0.25) is 0 Å². The van der Waals surface area contributed by atoms with Gasteiger partial charge in [-0.3, -0.25) is 4.68 Å². The molecule has 0 unspecified atom stereocenters. The van der Waals surface area contributed by atoms with E-state index in [1.807, 2.05) is 19.9 Å². The average molecular weight is 419 g/mol. The van der Waals surface area contributed by atoms with Gasteiger partial charge in [0.2, 0.25) is 0 Å². The molecule has 0 aliphatic carbocycles. The largest absolute Gasteiger partial charge is 0.433 e. The van der Waals surface area contributed by atoms with Crippen molar-refractivity contribution >= 4 is 11.3 Å². The number of halogens is 3. The molecule has 0 radical (unpaired) electrons. The molecule has 0 fully saturated rings. The highest BCUT2D eigenvalue weighted by molar-refractivity contribution is 7.15. The Labute approximate surface area is 168 Å². The minimum atomic E-state index is -4.35. The maximum Gasteiger partial charge on any atom is 0.433 e. The van der Waals surface area contributed by atoms with Crippen LogP contribution in [-0.2, 0) is 18.0 Å². The van der Waals surface area contributed by atoms with Gasteiger partial charge < -0.3 is 15.0 Å². The van der Waals surface area contributed by atoms with Crippen molar-refractivity contribution in [3.05, 3.63) is 41.5 Å². The van der Waals surface area contributed by atoms with Crippen molar-refractivity contribution in [2.75, 3.05) is 39.9 Å². The van der Waals surface area contributed by atoms with Crippen LogP contribution in [0, 0.1) is 6.92 Å². The third kappa shape index (κ3) is 8.45. The van der Waals surface area contributed by atoms with Crippen molar-refractivity contribution in [3.63, 3.8) is 0 Å². The summed E-state index contributed by atoms with van der Waals surface area (Å²) in [5, 5.41) is 6.92. The summed E-state index contributed by atoms with van der Waals surface area (Å²) >= 11 is 1.43. The Morgan fingerprint density at radius 1 is 1.36 bits per heavy atom. The number of nitrogens with zero attached hydrogens (tertiary/aromatic N) is 3. The molecule has 1 N–H and O–H groups in total. The van der Waals surface area contributed by atoms with Gasteiger partial charge >= 0.3 is 6.18 Å². The number of alkyl halides is 3. The van der Waals surface area contributed by atoms with E-state index in [1.165, 1.54) is 18.4 Å². The van der Waals surface area contributed by atoms with E-state index in [1.54, 1.807) is 12.3 Å². The molecule has 0 amide bonds. The molecule has 0 saturated heterocycles. The Morgan fingerprint density at radius 2 is 2.07 bits per heavy atom. The van der Waals surface area contributed by atoms with E-state index in [2.05, 4.69) is 28.9 Å². The predicted molar refractivity (Wildman–Crippen MR) is 108 cm³/mol. The minimum absolute atomic E-state index is 0.368. The summed E-state index contributed by atoms with van der Waals surface area (Å²) in [6.07, 6.45) is -2.64. The molecule has 2 aromatic rings. The lowest BCUT2D eigenvalue weighted by Gasteiger charge is -2.15. The lowest BCUT2D eigenvalue weighted by atomic mass is 10.3. The lowest BCUT2D eigenvalue weighted by molar-refractivity contribution is -0.143. The van der Waals surface area contributed by atoms with Crippen LogP contribution in [0.4, 0.5) is 13.2 Å². The number of nitrogens with one attached hydrogen (secondary N) is 1. The number of thiophene rings is 1. The highest BCUT2D eigenvalue weighted by Crippen LogP contribution is 2.33. The molecule has 28 heavy (non-hydrogen) atoms. The number of rotatable bonds is 9. The van der Waals surface area contributed by atoms with E-state index in [0.29, 0.717) is 5.69 Å². The molecule has 0 aromatic carbocycles. The second-order valence-electron chi connectivity index (χ2n) is 6.10. The molecule has 0 aliphatic rings. The number of aromatic nitrogens is 2. The van der Waals surface area contributed by atoms with E-state index >= 15 is 0 Å². The third-order valence-electron chi connectivity index (χ3n) is 3.77. The number of aryl methyl sites for hydroxylation is 2. The van der Waals surface area contributed by atoms with Gasteiger partial charge in [-0.25, -0.2) is 0 Å². The second-order valence-corrected chi connectivity index (χ2v) is 7.39. The number of ether oxygens (including phenoxy) is 1. The molecule has 0 saturated carbocycles. The second kappa shape index (κ2) is 11.9. The zero-order valence-corrected chi connectivity index (χ0v) is 17.7. The molecule has 9 heteroatoms. The highest BCUT2D eigenvalue weighted by atomic mass is 32.1.